The number of benzene rings is 2. The van der Waals surface area contributed by atoms with Crippen LogP contribution in [0.4, 0.5) is 0 Å². The minimum absolute atomic E-state index is 0.164. The summed E-state index contributed by atoms with van der Waals surface area (Å²) in [7, 11) is 0. The van der Waals surface area contributed by atoms with Crippen molar-refractivity contribution in [3.05, 3.63) is 63.7 Å². The van der Waals surface area contributed by atoms with Gasteiger partial charge >= 0.3 is 5.97 Å². The van der Waals surface area contributed by atoms with Crippen LogP contribution in [0.15, 0.2) is 36.4 Å². The quantitative estimate of drug-likeness (QED) is 0.705. The molecule has 0 saturated carbocycles. The van der Waals surface area contributed by atoms with Gasteiger partial charge in [0.2, 0.25) is 0 Å². The molecule has 0 radical (unpaired) electrons. The van der Waals surface area contributed by atoms with E-state index in [0.717, 1.165) is 48.7 Å². The Morgan fingerprint density at radius 1 is 1.33 bits per heavy atom. The van der Waals surface area contributed by atoms with Gasteiger partial charge in [0.05, 0.1) is 13.0 Å². The topological polar surface area (TPSA) is 59.0 Å². The first kappa shape index (κ1) is 21.2. The standard InChI is InChI=1S/C24H28ClNO4/c1-2-17-4-3-5-22(25)20(17)15-29-19-6-7-21-18(14-19)8-10-24(21)16-26(12-13-30-24)11-9-23(27)28/h3-7,14H,2,8-13,15-16H2,1H3,(H,27,28). The maximum Gasteiger partial charge on any atom is 0.304 e. The predicted molar refractivity (Wildman–Crippen MR) is 116 cm³/mol. The van der Waals surface area contributed by atoms with E-state index in [-0.39, 0.29) is 12.0 Å². The molecular weight excluding hydrogens is 402 g/mol. The average Bonchev–Trinajstić information content (AvgIpc) is 3.08. The van der Waals surface area contributed by atoms with Crippen molar-refractivity contribution in [2.75, 3.05) is 26.2 Å². The molecule has 1 heterocycles. The van der Waals surface area contributed by atoms with Gasteiger partial charge in [0.25, 0.3) is 0 Å². The summed E-state index contributed by atoms with van der Waals surface area (Å²) >= 11 is 6.39. The molecule has 5 nitrogen and oxygen atoms in total. The molecule has 160 valence electrons. The van der Waals surface area contributed by atoms with Gasteiger partial charge in [-0.2, -0.15) is 0 Å². The molecule has 0 amide bonds. The largest absolute Gasteiger partial charge is 0.489 e. The summed E-state index contributed by atoms with van der Waals surface area (Å²) in [6.07, 6.45) is 2.94. The number of aryl methyl sites for hydroxylation is 2. The van der Waals surface area contributed by atoms with Gasteiger partial charge in [0.1, 0.15) is 18.0 Å². The Morgan fingerprint density at radius 2 is 2.20 bits per heavy atom. The Labute approximate surface area is 182 Å². The maximum absolute atomic E-state index is 10.9. The molecule has 0 aromatic heterocycles. The second-order valence-corrected chi connectivity index (χ2v) is 8.51. The first-order chi connectivity index (χ1) is 14.5. The Balaban J connectivity index is 1.47. The first-order valence-electron chi connectivity index (χ1n) is 10.6. The Morgan fingerprint density at radius 3 is 3.00 bits per heavy atom. The van der Waals surface area contributed by atoms with Crippen LogP contribution < -0.4 is 4.74 Å². The lowest BCUT2D eigenvalue weighted by atomic mass is 9.93. The molecule has 30 heavy (non-hydrogen) atoms. The average molecular weight is 430 g/mol. The smallest absolute Gasteiger partial charge is 0.304 e. The molecule has 1 N–H and O–H groups in total. The van der Waals surface area contributed by atoms with Gasteiger partial charge < -0.3 is 14.6 Å². The summed E-state index contributed by atoms with van der Waals surface area (Å²) in [5.41, 5.74) is 4.38. The maximum atomic E-state index is 10.9. The van der Waals surface area contributed by atoms with E-state index in [1.165, 1.54) is 16.7 Å². The molecule has 1 atom stereocenters. The molecule has 2 aromatic rings. The number of halogens is 1. The van der Waals surface area contributed by atoms with Gasteiger partial charge in [0.15, 0.2) is 0 Å². The Hall–Kier alpha value is -2.08. The second kappa shape index (κ2) is 8.96. The van der Waals surface area contributed by atoms with Crippen molar-refractivity contribution in [1.82, 2.24) is 4.90 Å². The molecule has 1 aliphatic heterocycles. The van der Waals surface area contributed by atoms with Crippen LogP contribution in [0.25, 0.3) is 0 Å². The number of nitrogens with zero attached hydrogens (tertiary/aromatic N) is 1. The highest BCUT2D eigenvalue weighted by molar-refractivity contribution is 6.31. The van der Waals surface area contributed by atoms with Crippen LogP contribution in [0.3, 0.4) is 0 Å². The summed E-state index contributed by atoms with van der Waals surface area (Å²) in [5, 5.41) is 9.73. The number of carbonyl (C=O) groups is 1. The zero-order valence-corrected chi connectivity index (χ0v) is 18.1. The van der Waals surface area contributed by atoms with Crippen LogP contribution in [0, 0.1) is 0 Å². The van der Waals surface area contributed by atoms with Crippen LogP contribution in [0.5, 0.6) is 5.75 Å². The molecule has 2 aromatic carbocycles. The molecule has 2 aliphatic rings. The molecule has 1 saturated heterocycles. The highest BCUT2D eigenvalue weighted by Gasteiger charge is 2.43. The van der Waals surface area contributed by atoms with Gasteiger partial charge in [-0.15, -0.1) is 0 Å². The van der Waals surface area contributed by atoms with Crippen molar-refractivity contribution in [3.63, 3.8) is 0 Å². The zero-order valence-electron chi connectivity index (χ0n) is 17.3. The molecule has 1 unspecified atom stereocenters. The van der Waals surface area contributed by atoms with Crippen molar-refractivity contribution < 1.29 is 19.4 Å². The summed E-state index contributed by atoms with van der Waals surface area (Å²) in [5.74, 6) is 0.0835. The van der Waals surface area contributed by atoms with Gasteiger partial charge in [0, 0.05) is 30.2 Å². The normalized spacial score (nSPS) is 21.0. The van der Waals surface area contributed by atoms with Crippen molar-refractivity contribution in [1.29, 1.82) is 0 Å². The summed E-state index contributed by atoms with van der Waals surface area (Å²) < 4.78 is 12.4. The second-order valence-electron chi connectivity index (χ2n) is 8.10. The molecule has 0 bridgehead atoms. The van der Waals surface area contributed by atoms with E-state index in [0.29, 0.717) is 19.8 Å². The fraction of sp³-hybridized carbons (Fsp3) is 0.458. The lowest BCUT2D eigenvalue weighted by Gasteiger charge is -2.41. The Kier molecular flexibility index (Phi) is 6.32. The molecule has 6 heteroatoms. The highest BCUT2D eigenvalue weighted by Crippen LogP contribution is 2.43. The van der Waals surface area contributed by atoms with Crippen molar-refractivity contribution in [2.24, 2.45) is 0 Å². The van der Waals surface area contributed by atoms with Crippen LogP contribution >= 0.6 is 11.6 Å². The van der Waals surface area contributed by atoms with Gasteiger partial charge in [-0.1, -0.05) is 36.7 Å². The van der Waals surface area contributed by atoms with E-state index >= 15 is 0 Å². The first-order valence-corrected chi connectivity index (χ1v) is 11.0. The van der Waals surface area contributed by atoms with Gasteiger partial charge in [-0.3, -0.25) is 9.69 Å². The van der Waals surface area contributed by atoms with E-state index in [9.17, 15) is 4.79 Å². The third-order valence-electron chi connectivity index (χ3n) is 6.25. The molecule has 4 rings (SSSR count). The van der Waals surface area contributed by atoms with Crippen molar-refractivity contribution >= 4 is 17.6 Å². The zero-order chi connectivity index (χ0) is 21.1. The predicted octanol–water partition coefficient (Wildman–Crippen LogP) is 4.43. The van der Waals surface area contributed by atoms with E-state index in [1.54, 1.807) is 0 Å². The molecule has 1 aliphatic carbocycles. The van der Waals surface area contributed by atoms with Crippen LogP contribution in [0.2, 0.25) is 5.02 Å². The number of carboxylic acids is 1. The number of hydrogen-bond donors (Lipinski definition) is 1. The van der Waals surface area contributed by atoms with E-state index in [4.69, 9.17) is 26.2 Å². The van der Waals surface area contributed by atoms with Crippen molar-refractivity contribution in [2.45, 2.75) is 44.8 Å². The van der Waals surface area contributed by atoms with E-state index < -0.39 is 5.97 Å². The highest BCUT2D eigenvalue weighted by atomic mass is 35.5. The third kappa shape index (κ3) is 4.34. The lowest BCUT2D eigenvalue weighted by Crippen LogP contribution is -2.49. The molecular formula is C24H28ClNO4. The monoisotopic (exact) mass is 429 g/mol. The fourth-order valence-electron chi connectivity index (χ4n) is 4.65. The minimum atomic E-state index is -0.756. The minimum Gasteiger partial charge on any atom is -0.489 e. The van der Waals surface area contributed by atoms with Crippen molar-refractivity contribution in [3.8, 4) is 5.75 Å². The van der Waals surface area contributed by atoms with Gasteiger partial charge in [-0.25, -0.2) is 0 Å². The lowest BCUT2D eigenvalue weighted by molar-refractivity contribution is -0.140. The summed E-state index contributed by atoms with van der Waals surface area (Å²) in [4.78, 5) is 13.1. The number of fused-ring (bicyclic) bond motifs is 2. The SMILES string of the molecule is CCc1cccc(Cl)c1COc1ccc2c(c1)CCC21CN(CCC(=O)O)CCO1. The summed E-state index contributed by atoms with van der Waals surface area (Å²) in [6, 6.07) is 12.2. The third-order valence-corrected chi connectivity index (χ3v) is 6.61. The summed E-state index contributed by atoms with van der Waals surface area (Å²) in [6.45, 7) is 5.29. The number of aliphatic carboxylic acids is 1. The fourth-order valence-corrected chi connectivity index (χ4v) is 4.90. The number of hydrogen-bond acceptors (Lipinski definition) is 4. The number of rotatable bonds is 7. The van der Waals surface area contributed by atoms with E-state index in [2.05, 4.69) is 30.0 Å². The molecule has 1 spiro atoms. The number of morpholine rings is 1. The van der Waals surface area contributed by atoms with Crippen LogP contribution in [0.1, 0.15) is 42.0 Å². The van der Waals surface area contributed by atoms with Crippen LogP contribution in [-0.4, -0.2) is 42.2 Å². The van der Waals surface area contributed by atoms with E-state index in [1.807, 2.05) is 18.2 Å². The molecule has 1 fully saturated rings. The Bertz CT molecular complexity index is 931. The van der Waals surface area contributed by atoms with Gasteiger partial charge in [-0.05, 0) is 54.2 Å². The number of ether oxygens (including phenoxy) is 2. The number of carboxylic acid groups (broad SMARTS) is 1. The van der Waals surface area contributed by atoms with Crippen LogP contribution in [-0.2, 0) is 34.6 Å².